The average Bonchev–Trinajstić information content (AvgIpc) is 3.20. The standard InChI is InChI=1S/C18H19N5O2/c1-25-17-7-4-15(11-20-17)12-22-18(24)21-10-14-2-5-16(6-3-14)23-9-8-19-13-23/h2-9,11,13H,10,12H2,1H3,(H2,21,22,24). The number of hydrogen-bond acceptors (Lipinski definition) is 4. The second-order valence-electron chi connectivity index (χ2n) is 5.38. The number of rotatable bonds is 6. The lowest BCUT2D eigenvalue weighted by Crippen LogP contribution is -2.34. The molecule has 3 aromatic rings. The number of nitrogens with one attached hydrogen (secondary N) is 2. The Morgan fingerprint density at radius 2 is 1.80 bits per heavy atom. The van der Waals surface area contributed by atoms with Crippen molar-refractivity contribution < 1.29 is 9.53 Å². The largest absolute Gasteiger partial charge is 0.481 e. The third-order valence-corrected chi connectivity index (χ3v) is 3.65. The second kappa shape index (κ2) is 7.96. The van der Waals surface area contributed by atoms with E-state index in [0.29, 0.717) is 19.0 Å². The molecule has 0 bridgehead atoms. The number of urea groups is 1. The summed E-state index contributed by atoms with van der Waals surface area (Å²) in [6, 6.07) is 11.3. The molecule has 0 saturated heterocycles. The number of amides is 2. The van der Waals surface area contributed by atoms with Crippen LogP contribution in [0.3, 0.4) is 0 Å². The number of hydrogen-bond donors (Lipinski definition) is 2. The van der Waals surface area contributed by atoms with E-state index >= 15 is 0 Å². The van der Waals surface area contributed by atoms with E-state index in [1.54, 1.807) is 31.9 Å². The Labute approximate surface area is 145 Å². The van der Waals surface area contributed by atoms with Crippen LogP contribution in [0, 0.1) is 0 Å². The Bertz CT molecular complexity index is 798. The molecule has 0 saturated carbocycles. The molecule has 0 unspecified atom stereocenters. The molecule has 2 N–H and O–H groups in total. The summed E-state index contributed by atoms with van der Waals surface area (Å²) in [5.74, 6) is 0.548. The van der Waals surface area contributed by atoms with Crippen molar-refractivity contribution in [3.05, 3.63) is 72.4 Å². The number of ether oxygens (including phenoxy) is 1. The highest BCUT2D eigenvalue weighted by Gasteiger charge is 2.02. The van der Waals surface area contributed by atoms with Crippen LogP contribution < -0.4 is 15.4 Å². The number of carbonyl (C=O) groups excluding carboxylic acids is 1. The number of pyridine rings is 1. The van der Waals surface area contributed by atoms with Gasteiger partial charge in [0.15, 0.2) is 0 Å². The van der Waals surface area contributed by atoms with Gasteiger partial charge in [-0.1, -0.05) is 18.2 Å². The normalized spacial score (nSPS) is 10.3. The fraction of sp³-hybridized carbons (Fsp3) is 0.167. The number of imidazole rings is 1. The van der Waals surface area contributed by atoms with Crippen molar-refractivity contribution in [1.82, 2.24) is 25.2 Å². The molecule has 0 aliphatic rings. The van der Waals surface area contributed by atoms with E-state index in [1.807, 2.05) is 41.1 Å². The van der Waals surface area contributed by atoms with Crippen molar-refractivity contribution in [2.24, 2.45) is 0 Å². The van der Waals surface area contributed by atoms with Crippen LogP contribution in [0.1, 0.15) is 11.1 Å². The first-order valence-electron chi connectivity index (χ1n) is 7.82. The summed E-state index contributed by atoms with van der Waals surface area (Å²) in [4.78, 5) is 20.0. The molecule has 0 aliphatic carbocycles. The van der Waals surface area contributed by atoms with Gasteiger partial charge in [0.2, 0.25) is 5.88 Å². The molecule has 1 aromatic carbocycles. The fourth-order valence-electron chi connectivity index (χ4n) is 2.26. The summed E-state index contributed by atoms with van der Waals surface area (Å²) < 4.78 is 6.92. The average molecular weight is 337 g/mol. The molecule has 0 atom stereocenters. The number of methoxy groups -OCH3 is 1. The van der Waals surface area contributed by atoms with E-state index in [9.17, 15) is 4.79 Å². The Balaban J connectivity index is 1.45. The van der Waals surface area contributed by atoms with Gasteiger partial charge in [-0.05, 0) is 23.3 Å². The highest BCUT2D eigenvalue weighted by molar-refractivity contribution is 5.73. The molecule has 7 heteroatoms. The SMILES string of the molecule is COc1ccc(CNC(=O)NCc2ccc(-n3ccnc3)cc2)cn1. The first-order valence-corrected chi connectivity index (χ1v) is 7.82. The summed E-state index contributed by atoms with van der Waals surface area (Å²) in [7, 11) is 1.57. The van der Waals surface area contributed by atoms with Gasteiger partial charge in [0, 0.05) is 43.4 Å². The molecule has 128 valence electrons. The molecule has 25 heavy (non-hydrogen) atoms. The number of carbonyl (C=O) groups is 1. The smallest absolute Gasteiger partial charge is 0.315 e. The van der Waals surface area contributed by atoms with Gasteiger partial charge in [-0.25, -0.2) is 14.8 Å². The molecule has 3 rings (SSSR count). The molecule has 7 nitrogen and oxygen atoms in total. The first kappa shape index (κ1) is 16.5. The van der Waals surface area contributed by atoms with E-state index in [4.69, 9.17) is 4.74 Å². The highest BCUT2D eigenvalue weighted by Crippen LogP contribution is 2.09. The van der Waals surface area contributed by atoms with E-state index in [2.05, 4.69) is 20.6 Å². The minimum atomic E-state index is -0.227. The number of aromatic nitrogens is 3. The van der Waals surface area contributed by atoms with E-state index < -0.39 is 0 Å². The van der Waals surface area contributed by atoms with Gasteiger partial charge in [0.25, 0.3) is 0 Å². The van der Waals surface area contributed by atoms with Crippen molar-refractivity contribution in [2.75, 3.05) is 7.11 Å². The maximum absolute atomic E-state index is 11.9. The van der Waals surface area contributed by atoms with Crippen LogP contribution in [-0.2, 0) is 13.1 Å². The summed E-state index contributed by atoms with van der Waals surface area (Å²) in [6.45, 7) is 0.860. The van der Waals surface area contributed by atoms with E-state index in [0.717, 1.165) is 16.8 Å². The quantitative estimate of drug-likeness (QED) is 0.723. The number of benzene rings is 1. The lowest BCUT2D eigenvalue weighted by molar-refractivity contribution is 0.240. The van der Waals surface area contributed by atoms with E-state index in [-0.39, 0.29) is 6.03 Å². The molecule has 0 fully saturated rings. The minimum Gasteiger partial charge on any atom is -0.481 e. The van der Waals surface area contributed by atoms with Gasteiger partial charge < -0.3 is 19.9 Å². The molecule has 0 aliphatic heterocycles. The van der Waals surface area contributed by atoms with Crippen LogP contribution in [0.5, 0.6) is 5.88 Å². The van der Waals surface area contributed by atoms with Gasteiger partial charge in [-0.3, -0.25) is 0 Å². The van der Waals surface area contributed by atoms with E-state index in [1.165, 1.54) is 0 Å². The van der Waals surface area contributed by atoms with Gasteiger partial charge in [0.1, 0.15) is 0 Å². The monoisotopic (exact) mass is 337 g/mol. The highest BCUT2D eigenvalue weighted by atomic mass is 16.5. The zero-order valence-corrected chi connectivity index (χ0v) is 13.8. The summed E-state index contributed by atoms with van der Waals surface area (Å²) in [5.41, 5.74) is 2.95. The van der Waals surface area contributed by atoms with Crippen molar-refractivity contribution in [1.29, 1.82) is 0 Å². The van der Waals surface area contributed by atoms with Crippen molar-refractivity contribution >= 4 is 6.03 Å². The third-order valence-electron chi connectivity index (χ3n) is 3.65. The van der Waals surface area contributed by atoms with Crippen LogP contribution in [0.25, 0.3) is 5.69 Å². The summed E-state index contributed by atoms with van der Waals surface area (Å²) in [5, 5.41) is 5.63. The summed E-state index contributed by atoms with van der Waals surface area (Å²) >= 11 is 0. The lowest BCUT2D eigenvalue weighted by atomic mass is 10.2. The van der Waals surface area contributed by atoms with Crippen molar-refractivity contribution in [3.63, 3.8) is 0 Å². The van der Waals surface area contributed by atoms with Gasteiger partial charge in [0.05, 0.1) is 13.4 Å². The predicted molar refractivity (Wildman–Crippen MR) is 93.4 cm³/mol. The predicted octanol–water partition coefficient (Wildman–Crippen LogP) is 2.28. The third kappa shape index (κ3) is 4.57. The Morgan fingerprint density at radius 1 is 1.08 bits per heavy atom. The minimum absolute atomic E-state index is 0.227. The fourth-order valence-corrected chi connectivity index (χ4v) is 2.26. The van der Waals surface area contributed by atoms with Gasteiger partial charge >= 0.3 is 6.03 Å². The van der Waals surface area contributed by atoms with Crippen molar-refractivity contribution in [2.45, 2.75) is 13.1 Å². The molecular weight excluding hydrogens is 318 g/mol. The molecule has 2 heterocycles. The maximum Gasteiger partial charge on any atom is 0.315 e. The van der Waals surface area contributed by atoms with Gasteiger partial charge in [-0.15, -0.1) is 0 Å². The Morgan fingerprint density at radius 3 is 2.40 bits per heavy atom. The molecule has 2 amide bonds. The second-order valence-corrected chi connectivity index (χ2v) is 5.38. The Kier molecular flexibility index (Phi) is 5.26. The number of nitrogens with zero attached hydrogens (tertiary/aromatic N) is 3. The topological polar surface area (TPSA) is 81.1 Å². The lowest BCUT2D eigenvalue weighted by Gasteiger charge is -2.09. The van der Waals surface area contributed by atoms with Crippen LogP contribution in [0.2, 0.25) is 0 Å². The molecule has 0 radical (unpaired) electrons. The van der Waals surface area contributed by atoms with Crippen LogP contribution in [0.4, 0.5) is 4.79 Å². The summed E-state index contributed by atoms with van der Waals surface area (Å²) in [6.07, 6.45) is 7.04. The zero-order chi connectivity index (χ0) is 17.5. The zero-order valence-electron chi connectivity index (χ0n) is 13.8. The van der Waals surface area contributed by atoms with Crippen LogP contribution in [0.15, 0.2) is 61.3 Å². The molecular formula is C18H19N5O2. The van der Waals surface area contributed by atoms with Crippen LogP contribution >= 0.6 is 0 Å². The Hall–Kier alpha value is -3.35. The molecule has 0 spiro atoms. The first-order chi connectivity index (χ1) is 12.2. The molecule has 2 aromatic heterocycles. The maximum atomic E-state index is 11.9. The van der Waals surface area contributed by atoms with Gasteiger partial charge in [-0.2, -0.15) is 0 Å². The van der Waals surface area contributed by atoms with Crippen LogP contribution in [-0.4, -0.2) is 27.7 Å². The van der Waals surface area contributed by atoms with Crippen molar-refractivity contribution in [3.8, 4) is 11.6 Å².